The van der Waals surface area contributed by atoms with E-state index in [0.717, 1.165) is 19.3 Å². The van der Waals surface area contributed by atoms with E-state index in [1.54, 1.807) is 4.90 Å². The van der Waals surface area contributed by atoms with Gasteiger partial charge in [0, 0.05) is 19.1 Å². The molecule has 134 valence electrons. The Bertz CT molecular complexity index is 642. The summed E-state index contributed by atoms with van der Waals surface area (Å²) in [6, 6.07) is 8.79. The van der Waals surface area contributed by atoms with Crippen LogP contribution < -0.4 is 5.32 Å². The molecule has 0 spiro atoms. The molecule has 1 aliphatic heterocycles. The van der Waals surface area contributed by atoms with E-state index in [9.17, 15) is 14.7 Å². The minimum Gasteiger partial charge on any atom is -0.481 e. The average molecular weight is 342 g/mol. The zero-order valence-corrected chi connectivity index (χ0v) is 14.5. The summed E-state index contributed by atoms with van der Waals surface area (Å²) in [7, 11) is 0. The lowest BCUT2D eigenvalue weighted by Crippen LogP contribution is -2.52. The minimum absolute atomic E-state index is 0.0705. The van der Waals surface area contributed by atoms with Gasteiger partial charge in [-0.1, -0.05) is 24.3 Å². The lowest BCUT2D eigenvalue weighted by atomic mass is 9.94. The summed E-state index contributed by atoms with van der Waals surface area (Å²) in [5.41, 5.74) is 2.86. The van der Waals surface area contributed by atoms with Gasteiger partial charge in [-0.25, -0.2) is 4.79 Å². The number of carboxylic acids is 1. The second kappa shape index (κ2) is 6.70. The van der Waals surface area contributed by atoms with Crippen LogP contribution in [0.25, 0.3) is 0 Å². The van der Waals surface area contributed by atoms with Crippen LogP contribution >= 0.6 is 0 Å². The highest BCUT2D eigenvalue weighted by molar-refractivity contribution is 5.77. The van der Waals surface area contributed by atoms with Crippen molar-refractivity contribution >= 4 is 12.0 Å². The molecule has 1 aromatic carbocycles. The SMILES string of the molecule is O=C(O)C1CCCN(C(=O)NC2C3CCC2Cc2ccccc2C3)C1. The first kappa shape index (κ1) is 16.4. The van der Waals surface area contributed by atoms with E-state index in [1.807, 2.05) is 0 Å². The van der Waals surface area contributed by atoms with E-state index in [4.69, 9.17) is 0 Å². The number of hydrogen-bond donors (Lipinski definition) is 2. The van der Waals surface area contributed by atoms with Crippen molar-refractivity contribution in [2.24, 2.45) is 17.8 Å². The fourth-order valence-electron chi connectivity index (χ4n) is 4.98. The predicted octanol–water partition coefficient (Wildman–Crippen LogP) is 2.69. The number of benzene rings is 1. The Hall–Kier alpha value is -2.04. The second-order valence-electron chi connectivity index (χ2n) is 7.87. The second-order valence-corrected chi connectivity index (χ2v) is 7.87. The molecule has 1 aromatic rings. The number of carboxylic acid groups (broad SMARTS) is 1. The maximum atomic E-state index is 12.8. The zero-order chi connectivity index (χ0) is 17.4. The molecular formula is C20H26N2O3. The summed E-state index contributed by atoms with van der Waals surface area (Å²) in [4.78, 5) is 25.7. The highest BCUT2D eigenvalue weighted by atomic mass is 16.4. The van der Waals surface area contributed by atoms with Crippen LogP contribution in [0.4, 0.5) is 4.79 Å². The number of carbonyl (C=O) groups excluding carboxylic acids is 1. The van der Waals surface area contributed by atoms with Crippen molar-refractivity contribution in [1.29, 1.82) is 0 Å². The minimum atomic E-state index is -0.789. The molecule has 1 heterocycles. The third kappa shape index (κ3) is 3.24. The van der Waals surface area contributed by atoms with E-state index in [2.05, 4.69) is 29.6 Å². The number of nitrogens with zero attached hydrogens (tertiary/aromatic N) is 1. The first-order chi connectivity index (χ1) is 12.1. The smallest absolute Gasteiger partial charge is 0.317 e. The third-order valence-electron chi connectivity index (χ3n) is 6.35. The Balaban J connectivity index is 1.44. The third-order valence-corrected chi connectivity index (χ3v) is 6.35. The van der Waals surface area contributed by atoms with Crippen molar-refractivity contribution in [2.75, 3.05) is 13.1 Å². The number of fused-ring (bicyclic) bond motifs is 3. The summed E-state index contributed by atoms with van der Waals surface area (Å²) >= 11 is 0. The van der Waals surface area contributed by atoms with Crippen LogP contribution in [0.3, 0.4) is 0 Å². The normalized spacial score (nSPS) is 31.1. The first-order valence-electron chi connectivity index (χ1n) is 9.47. The number of urea groups is 1. The number of carbonyl (C=O) groups is 2. The lowest BCUT2D eigenvalue weighted by Gasteiger charge is -2.33. The molecule has 1 saturated carbocycles. The quantitative estimate of drug-likeness (QED) is 0.868. The molecule has 2 aliphatic carbocycles. The zero-order valence-electron chi connectivity index (χ0n) is 14.5. The standard InChI is InChI=1S/C20H26N2O3/c23-19(24)17-6-3-9-22(12-17)20(25)21-18-15-7-8-16(18)11-14-5-2-1-4-13(14)10-15/h1-2,4-5,15-18H,3,6-12H2,(H,21,25)(H,23,24). The summed E-state index contributed by atoms with van der Waals surface area (Å²) in [6.45, 7) is 1.00. The molecule has 3 aliphatic rings. The predicted molar refractivity (Wildman–Crippen MR) is 94.3 cm³/mol. The summed E-state index contributed by atoms with van der Waals surface area (Å²) in [5.74, 6) is -0.215. The van der Waals surface area contributed by atoms with Crippen molar-refractivity contribution in [3.63, 3.8) is 0 Å². The number of rotatable bonds is 2. The van der Waals surface area contributed by atoms with Gasteiger partial charge in [0.1, 0.15) is 0 Å². The first-order valence-corrected chi connectivity index (χ1v) is 9.47. The van der Waals surface area contributed by atoms with Crippen LogP contribution in [0.15, 0.2) is 24.3 Å². The van der Waals surface area contributed by atoms with Crippen LogP contribution in [0.2, 0.25) is 0 Å². The summed E-state index contributed by atoms with van der Waals surface area (Å²) in [6.07, 6.45) is 5.85. The molecule has 2 bridgehead atoms. The number of amides is 2. The van der Waals surface area contributed by atoms with E-state index < -0.39 is 11.9 Å². The topological polar surface area (TPSA) is 69.6 Å². The van der Waals surface area contributed by atoms with Crippen molar-refractivity contribution in [2.45, 2.75) is 44.6 Å². The molecule has 3 unspecified atom stereocenters. The number of aliphatic carboxylic acids is 1. The molecule has 5 heteroatoms. The Labute approximate surface area is 148 Å². The van der Waals surface area contributed by atoms with Gasteiger partial charge in [0.25, 0.3) is 0 Å². The van der Waals surface area contributed by atoms with Crippen molar-refractivity contribution in [1.82, 2.24) is 10.2 Å². The van der Waals surface area contributed by atoms with Crippen molar-refractivity contribution in [3.8, 4) is 0 Å². The number of likely N-dealkylation sites (tertiary alicyclic amines) is 1. The van der Waals surface area contributed by atoms with Crippen LogP contribution in [0.5, 0.6) is 0 Å². The molecule has 4 rings (SSSR count). The lowest BCUT2D eigenvalue weighted by molar-refractivity contribution is -0.143. The number of nitrogens with one attached hydrogen (secondary N) is 1. The van der Waals surface area contributed by atoms with E-state index >= 15 is 0 Å². The molecule has 25 heavy (non-hydrogen) atoms. The van der Waals surface area contributed by atoms with E-state index in [0.29, 0.717) is 31.3 Å². The van der Waals surface area contributed by atoms with Gasteiger partial charge in [0.2, 0.25) is 0 Å². The monoisotopic (exact) mass is 342 g/mol. The van der Waals surface area contributed by atoms with Crippen LogP contribution in [0, 0.1) is 17.8 Å². The summed E-state index contributed by atoms with van der Waals surface area (Å²) in [5, 5.41) is 12.5. The summed E-state index contributed by atoms with van der Waals surface area (Å²) < 4.78 is 0. The van der Waals surface area contributed by atoms with Crippen LogP contribution in [0.1, 0.15) is 36.8 Å². The Morgan fingerprint density at radius 3 is 2.28 bits per heavy atom. The Kier molecular flexibility index (Phi) is 4.40. The molecule has 2 N–H and O–H groups in total. The van der Waals surface area contributed by atoms with Gasteiger partial charge in [0.15, 0.2) is 0 Å². The highest BCUT2D eigenvalue weighted by Crippen LogP contribution is 2.40. The van der Waals surface area contributed by atoms with Crippen LogP contribution in [-0.4, -0.2) is 41.1 Å². The van der Waals surface area contributed by atoms with Crippen LogP contribution in [-0.2, 0) is 17.6 Å². The molecule has 0 aromatic heterocycles. The van der Waals surface area contributed by atoms with Crippen molar-refractivity contribution in [3.05, 3.63) is 35.4 Å². The number of piperidine rings is 1. The van der Waals surface area contributed by atoms with Gasteiger partial charge in [-0.2, -0.15) is 0 Å². The maximum Gasteiger partial charge on any atom is 0.317 e. The number of hydrogen-bond acceptors (Lipinski definition) is 2. The van der Waals surface area contributed by atoms with Gasteiger partial charge >= 0.3 is 12.0 Å². The maximum absolute atomic E-state index is 12.8. The fraction of sp³-hybridized carbons (Fsp3) is 0.600. The molecule has 2 amide bonds. The molecule has 2 fully saturated rings. The molecular weight excluding hydrogens is 316 g/mol. The fourth-order valence-corrected chi connectivity index (χ4v) is 4.98. The largest absolute Gasteiger partial charge is 0.481 e. The van der Waals surface area contributed by atoms with Gasteiger partial charge in [0.05, 0.1) is 5.92 Å². The van der Waals surface area contributed by atoms with Gasteiger partial charge in [-0.3, -0.25) is 4.79 Å². The molecule has 0 radical (unpaired) electrons. The molecule has 1 saturated heterocycles. The molecule has 3 atom stereocenters. The van der Waals surface area contributed by atoms with Crippen molar-refractivity contribution < 1.29 is 14.7 Å². The Morgan fingerprint density at radius 1 is 1.04 bits per heavy atom. The molecule has 5 nitrogen and oxygen atoms in total. The van der Waals surface area contributed by atoms with E-state index in [1.165, 1.54) is 24.0 Å². The van der Waals surface area contributed by atoms with Gasteiger partial charge in [-0.15, -0.1) is 0 Å². The van der Waals surface area contributed by atoms with E-state index in [-0.39, 0.29) is 12.1 Å². The Morgan fingerprint density at radius 2 is 1.68 bits per heavy atom. The van der Waals surface area contributed by atoms with Gasteiger partial charge < -0.3 is 15.3 Å². The highest BCUT2D eigenvalue weighted by Gasteiger charge is 2.40. The average Bonchev–Trinajstić information content (AvgIpc) is 2.89. The van der Waals surface area contributed by atoms with Gasteiger partial charge in [-0.05, 0) is 61.5 Å².